The van der Waals surface area contributed by atoms with E-state index in [9.17, 15) is 5.11 Å². The molecule has 1 aliphatic carbocycles. The third-order valence-electron chi connectivity index (χ3n) is 5.54. The van der Waals surface area contributed by atoms with E-state index in [-0.39, 0.29) is 0 Å². The number of nitrogens with one attached hydrogen (secondary N) is 2. The fourth-order valence-electron chi connectivity index (χ4n) is 4.06. The maximum absolute atomic E-state index is 10.5. The van der Waals surface area contributed by atoms with Crippen LogP contribution in [-0.2, 0) is 13.0 Å². The highest BCUT2D eigenvalue weighted by atomic mass is 32.2. The average Bonchev–Trinajstić information content (AvgIpc) is 3.14. The molecule has 1 heterocycles. The maximum atomic E-state index is 10.5. The summed E-state index contributed by atoms with van der Waals surface area (Å²) in [6.07, 6.45) is 6.49. The molecule has 3 unspecified atom stereocenters. The molecule has 3 atom stereocenters. The molecule has 1 fully saturated rings. The predicted octanol–water partition coefficient (Wildman–Crippen LogP) is 2.24. The molecule has 1 aromatic carbocycles. The van der Waals surface area contributed by atoms with Crippen LogP contribution >= 0.6 is 11.8 Å². The topological polar surface area (TPSA) is 59.9 Å². The lowest BCUT2D eigenvalue weighted by atomic mass is 10.00. The molecule has 1 aromatic rings. The minimum absolute atomic E-state index is 0.437. The number of hydrogen-bond donors (Lipinski definition) is 3. The Hall–Kier alpha value is -1.24. The predicted molar refractivity (Wildman–Crippen MR) is 115 cm³/mol. The number of thioether (sulfide) groups is 1. The summed E-state index contributed by atoms with van der Waals surface area (Å²) in [7, 11) is 0. The number of aliphatic imine (C=N–C) groups is 1. The zero-order valence-corrected chi connectivity index (χ0v) is 17.5. The molecule has 3 rings (SSSR count). The number of benzene rings is 1. The first-order chi connectivity index (χ1) is 13.2. The van der Waals surface area contributed by atoms with Crippen molar-refractivity contribution in [1.29, 1.82) is 0 Å². The lowest BCUT2D eigenvalue weighted by molar-refractivity contribution is 0.111. The van der Waals surface area contributed by atoms with Gasteiger partial charge in [0.25, 0.3) is 0 Å². The van der Waals surface area contributed by atoms with Gasteiger partial charge < -0.3 is 15.7 Å². The SMILES string of the molecule is CCNC(=NCC(O)CN1CCc2ccccc2C1)NC1CCC(SC)C1. The van der Waals surface area contributed by atoms with Gasteiger partial charge in [-0.05, 0) is 50.0 Å². The summed E-state index contributed by atoms with van der Waals surface area (Å²) >= 11 is 1.96. The molecule has 0 bridgehead atoms. The van der Waals surface area contributed by atoms with E-state index in [4.69, 9.17) is 0 Å². The monoisotopic (exact) mass is 390 g/mol. The van der Waals surface area contributed by atoms with Gasteiger partial charge in [0.05, 0.1) is 12.6 Å². The zero-order valence-electron chi connectivity index (χ0n) is 16.7. The van der Waals surface area contributed by atoms with E-state index in [1.807, 2.05) is 11.8 Å². The highest BCUT2D eigenvalue weighted by Gasteiger charge is 2.24. The minimum Gasteiger partial charge on any atom is -0.390 e. The van der Waals surface area contributed by atoms with Gasteiger partial charge in [0.15, 0.2) is 5.96 Å². The van der Waals surface area contributed by atoms with Crippen LogP contribution in [0.25, 0.3) is 0 Å². The number of fused-ring (bicyclic) bond motifs is 1. The quantitative estimate of drug-likeness (QED) is 0.492. The zero-order chi connectivity index (χ0) is 19.1. The van der Waals surface area contributed by atoms with Gasteiger partial charge in [0, 0.05) is 37.5 Å². The van der Waals surface area contributed by atoms with Crippen LogP contribution < -0.4 is 10.6 Å². The first-order valence-corrected chi connectivity index (χ1v) is 11.5. The Morgan fingerprint density at radius 3 is 2.89 bits per heavy atom. The van der Waals surface area contributed by atoms with Gasteiger partial charge in [-0.25, -0.2) is 0 Å². The molecule has 2 aliphatic rings. The van der Waals surface area contributed by atoms with Gasteiger partial charge >= 0.3 is 0 Å². The smallest absolute Gasteiger partial charge is 0.191 e. The molecular formula is C21H34N4OS. The summed E-state index contributed by atoms with van der Waals surface area (Å²) in [6, 6.07) is 9.12. The van der Waals surface area contributed by atoms with Crippen molar-refractivity contribution in [1.82, 2.24) is 15.5 Å². The molecule has 0 amide bonds. The first-order valence-electron chi connectivity index (χ1n) is 10.2. The van der Waals surface area contributed by atoms with Crippen molar-refractivity contribution in [3.8, 4) is 0 Å². The van der Waals surface area contributed by atoms with Crippen molar-refractivity contribution < 1.29 is 5.11 Å². The van der Waals surface area contributed by atoms with Crippen molar-refractivity contribution in [2.45, 2.75) is 56.5 Å². The van der Waals surface area contributed by atoms with Crippen LogP contribution in [0.4, 0.5) is 0 Å². The molecule has 0 spiro atoms. The van der Waals surface area contributed by atoms with Crippen molar-refractivity contribution >= 4 is 17.7 Å². The van der Waals surface area contributed by atoms with E-state index in [1.54, 1.807) is 0 Å². The first kappa shape index (κ1) is 20.5. The summed E-state index contributed by atoms with van der Waals surface area (Å²) in [6.45, 7) is 5.96. The van der Waals surface area contributed by atoms with Gasteiger partial charge in [-0.1, -0.05) is 24.3 Å². The second-order valence-electron chi connectivity index (χ2n) is 7.64. The maximum Gasteiger partial charge on any atom is 0.191 e. The Morgan fingerprint density at radius 2 is 2.15 bits per heavy atom. The summed E-state index contributed by atoms with van der Waals surface area (Å²) in [4.78, 5) is 6.98. The summed E-state index contributed by atoms with van der Waals surface area (Å²) < 4.78 is 0. The van der Waals surface area contributed by atoms with Crippen molar-refractivity contribution in [2.24, 2.45) is 4.99 Å². The molecule has 0 aromatic heterocycles. The number of aliphatic hydroxyl groups excluding tert-OH is 1. The van der Waals surface area contributed by atoms with E-state index in [1.165, 1.54) is 30.4 Å². The highest BCUT2D eigenvalue weighted by Crippen LogP contribution is 2.28. The molecule has 150 valence electrons. The second-order valence-corrected chi connectivity index (χ2v) is 8.78. The fourth-order valence-corrected chi connectivity index (χ4v) is 4.86. The van der Waals surface area contributed by atoms with Gasteiger partial charge in [0.1, 0.15) is 0 Å². The van der Waals surface area contributed by atoms with Crippen molar-refractivity contribution in [2.75, 3.05) is 32.4 Å². The Kier molecular flexibility index (Phi) is 7.85. The lowest BCUT2D eigenvalue weighted by Crippen LogP contribution is -2.43. The normalized spacial score (nSPS) is 24.5. The number of rotatable bonds is 7. The average molecular weight is 391 g/mol. The molecule has 0 saturated heterocycles. The molecule has 1 aliphatic heterocycles. The number of β-amino-alcohol motifs (C(OH)–C–C–N with tert-alkyl or cyclic N) is 1. The van der Waals surface area contributed by atoms with Crippen LogP contribution in [0.15, 0.2) is 29.3 Å². The molecule has 3 N–H and O–H groups in total. The minimum atomic E-state index is -0.437. The van der Waals surface area contributed by atoms with E-state index >= 15 is 0 Å². The Balaban J connectivity index is 1.47. The number of nitrogens with zero attached hydrogens (tertiary/aromatic N) is 2. The number of aliphatic hydroxyl groups is 1. The largest absolute Gasteiger partial charge is 0.390 e. The Morgan fingerprint density at radius 1 is 1.33 bits per heavy atom. The number of hydrogen-bond acceptors (Lipinski definition) is 4. The van der Waals surface area contributed by atoms with E-state index < -0.39 is 6.10 Å². The van der Waals surface area contributed by atoms with E-state index in [2.05, 4.69) is 58.0 Å². The molecule has 1 saturated carbocycles. The van der Waals surface area contributed by atoms with Gasteiger partial charge in [-0.15, -0.1) is 0 Å². The summed E-state index contributed by atoms with van der Waals surface area (Å²) in [5.41, 5.74) is 2.83. The third-order valence-corrected chi connectivity index (χ3v) is 6.64. The molecule has 27 heavy (non-hydrogen) atoms. The summed E-state index contributed by atoms with van der Waals surface area (Å²) in [5.74, 6) is 0.840. The van der Waals surface area contributed by atoms with E-state index in [0.29, 0.717) is 19.1 Å². The Labute approximate surface area is 168 Å². The van der Waals surface area contributed by atoms with Crippen molar-refractivity contribution in [3.63, 3.8) is 0 Å². The van der Waals surface area contributed by atoms with Crippen LogP contribution in [0.5, 0.6) is 0 Å². The second kappa shape index (κ2) is 10.3. The van der Waals surface area contributed by atoms with Crippen LogP contribution in [-0.4, -0.2) is 65.8 Å². The molecule has 6 heteroatoms. The Bertz CT molecular complexity index is 624. The summed E-state index contributed by atoms with van der Waals surface area (Å²) in [5, 5.41) is 18.1. The lowest BCUT2D eigenvalue weighted by Gasteiger charge is -2.30. The fraction of sp³-hybridized carbons (Fsp3) is 0.667. The van der Waals surface area contributed by atoms with Gasteiger partial charge in [-0.2, -0.15) is 11.8 Å². The van der Waals surface area contributed by atoms with Gasteiger partial charge in [0.2, 0.25) is 0 Å². The third kappa shape index (κ3) is 6.13. The molecular weight excluding hydrogens is 356 g/mol. The van der Waals surface area contributed by atoms with Crippen molar-refractivity contribution in [3.05, 3.63) is 35.4 Å². The standard InChI is InChI=1S/C21H34N4OS/c1-3-22-21(24-18-8-9-20(12-18)27-2)23-13-19(26)15-25-11-10-16-6-4-5-7-17(16)14-25/h4-7,18-20,26H,3,8-15H2,1-2H3,(H2,22,23,24). The van der Waals surface area contributed by atoms with E-state index in [0.717, 1.165) is 37.3 Å². The van der Waals surface area contributed by atoms with Crippen LogP contribution in [0.3, 0.4) is 0 Å². The molecule has 0 radical (unpaired) electrons. The molecule has 5 nitrogen and oxygen atoms in total. The van der Waals surface area contributed by atoms with Crippen LogP contribution in [0.1, 0.15) is 37.3 Å². The highest BCUT2D eigenvalue weighted by molar-refractivity contribution is 7.99. The van der Waals surface area contributed by atoms with Crippen LogP contribution in [0, 0.1) is 0 Å². The number of guanidine groups is 1. The van der Waals surface area contributed by atoms with Gasteiger partial charge in [-0.3, -0.25) is 9.89 Å². The van der Waals surface area contributed by atoms with Crippen LogP contribution in [0.2, 0.25) is 0 Å².